The van der Waals surface area contributed by atoms with Crippen LogP contribution in [-0.4, -0.2) is 75.1 Å². The predicted octanol–water partition coefficient (Wildman–Crippen LogP) is 0.960. The van der Waals surface area contributed by atoms with Gasteiger partial charge in [0.15, 0.2) is 0 Å². The Labute approximate surface area is 118 Å². The Balaban J connectivity index is 1.90. The molecule has 1 fully saturated rings. The van der Waals surface area contributed by atoms with E-state index in [2.05, 4.69) is 31.0 Å². The molecule has 114 valence electrons. The molecule has 0 atom stereocenters. The summed E-state index contributed by atoms with van der Waals surface area (Å²) in [5, 5.41) is 5.37. The van der Waals surface area contributed by atoms with Gasteiger partial charge in [0.25, 0.3) is 0 Å². The summed E-state index contributed by atoms with van der Waals surface area (Å²) in [6, 6.07) is 0. The van der Waals surface area contributed by atoms with Gasteiger partial charge in [0.2, 0.25) is 0 Å². The zero-order valence-electron chi connectivity index (χ0n) is 13.1. The summed E-state index contributed by atoms with van der Waals surface area (Å²) in [6.07, 6.45) is 1.20. The van der Waals surface area contributed by atoms with Crippen LogP contribution >= 0.6 is 0 Å². The molecule has 0 bridgehead atoms. The minimum Gasteiger partial charge on any atom is -0.379 e. The van der Waals surface area contributed by atoms with E-state index >= 15 is 0 Å². The highest BCUT2D eigenvalue weighted by Crippen LogP contribution is 2.07. The number of rotatable bonds is 8. The molecule has 0 aromatic rings. The highest BCUT2D eigenvalue weighted by molar-refractivity contribution is 4.63. The standard InChI is InChI=1S/C14H31N3O2/c1-14(2,3)19-16(4)9-7-15-6-5-8-17-10-12-18-13-11-17/h15H,5-13H2,1-4H3. The summed E-state index contributed by atoms with van der Waals surface area (Å²) >= 11 is 0. The zero-order valence-corrected chi connectivity index (χ0v) is 13.1. The third kappa shape index (κ3) is 9.35. The number of ether oxygens (including phenoxy) is 1. The van der Waals surface area contributed by atoms with Crippen LogP contribution in [0.1, 0.15) is 27.2 Å². The second-order valence-corrected chi connectivity index (χ2v) is 6.11. The topological polar surface area (TPSA) is 37.0 Å². The van der Waals surface area contributed by atoms with E-state index < -0.39 is 0 Å². The van der Waals surface area contributed by atoms with Gasteiger partial charge in [-0.3, -0.25) is 9.74 Å². The first-order chi connectivity index (χ1) is 8.97. The van der Waals surface area contributed by atoms with E-state index in [4.69, 9.17) is 9.57 Å². The van der Waals surface area contributed by atoms with E-state index in [0.29, 0.717) is 0 Å². The Hall–Kier alpha value is -0.200. The number of morpholine rings is 1. The molecule has 0 aliphatic carbocycles. The van der Waals surface area contributed by atoms with Gasteiger partial charge in [-0.1, -0.05) is 0 Å². The fourth-order valence-corrected chi connectivity index (χ4v) is 2.13. The lowest BCUT2D eigenvalue weighted by molar-refractivity contribution is -0.212. The van der Waals surface area contributed by atoms with Gasteiger partial charge in [-0.05, 0) is 40.3 Å². The van der Waals surface area contributed by atoms with Crippen molar-refractivity contribution in [2.24, 2.45) is 0 Å². The zero-order chi connectivity index (χ0) is 14.1. The van der Waals surface area contributed by atoms with Crippen molar-refractivity contribution in [3.05, 3.63) is 0 Å². The molecule has 5 nitrogen and oxygen atoms in total. The van der Waals surface area contributed by atoms with Crippen molar-refractivity contribution in [1.82, 2.24) is 15.3 Å². The Morgan fingerprint density at radius 1 is 1.21 bits per heavy atom. The second kappa shape index (κ2) is 8.87. The van der Waals surface area contributed by atoms with E-state index in [-0.39, 0.29) is 5.60 Å². The molecule has 0 amide bonds. The van der Waals surface area contributed by atoms with Gasteiger partial charge in [0.1, 0.15) is 0 Å². The summed E-state index contributed by atoms with van der Waals surface area (Å²) in [7, 11) is 1.99. The van der Waals surface area contributed by atoms with Crippen molar-refractivity contribution < 1.29 is 9.57 Å². The maximum absolute atomic E-state index is 5.71. The highest BCUT2D eigenvalue weighted by Gasteiger charge is 2.13. The average Bonchev–Trinajstić information content (AvgIpc) is 2.32. The molecule has 1 aliphatic rings. The minimum absolute atomic E-state index is 0.106. The molecule has 1 aliphatic heterocycles. The van der Waals surface area contributed by atoms with Crippen LogP contribution in [0.25, 0.3) is 0 Å². The maximum atomic E-state index is 5.71. The minimum atomic E-state index is -0.106. The molecule has 1 N–H and O–H groups in total. The Kier molecular flexibility index (Phi) is 7.87. The summed E-state index contributed by atoms with van der Waals surface area (Å²) in [5.41, 5.74) is -0.106. The number of hydrogen-bond donors (Lipinski definition) is 1. The maximum Gasteiger partial charge on any atom is 0.0815 e. The fourth-order valence-electron chi connectivity index (χ4n) is 2.13. The van der Waals surface area contributed by atoms with Crippen molar-refractivity contribution in [1.29, 1.82) is 0 Å². The monoisotopic (exact) mass is 273 g/mol. The van der Waals surface area contributed by atoms with Gasteiger partial charge in [0, 0.05) is 33.2 Å². The van der Waals surface area contributed by atoms with E-state index in [1.54, 1.807) is 0 Å². The SMILES string of the molecule is CN(CCNCCCN1CCOCC1)OC(C)(C)C. The molecule has 0 aromatic heterocycles. The van der Waals surface area contributed by atoms with Gasteiger partial charge >= 0.3 is 0 Å². The second-order valence-electron chi connectivity index (χ2n) is 6.11. The van der Waals surface area contributed by atoms with Crippen LogP contribution in [0, 0.1) is 0 Å². The molecule has 1 rings (SSSR count). The van der Waals surface area contributed by atoms with Crippen LogP contribution in [0.5, 0.6) is 0 Å². The van der Waals surface area contributed by atoms with Gasteiger partial charge in [-0.2, -0.15) is 5.06 Å². The molecule has 0 spiro atoms. The van der Waals surface area contributed by atoms with E-state index in [9.17, 15) is 0 Å². The number of nitrogens with zero attached hydrogens (tertiary/aromatic N) is 2. The lowest BCUT2D eigenvalue weighted by Gasteiger charge is -2.27. The van der Waals surface area contributed by atoms with Crippen molar-refractivity contribution >= 4 is 0 Å². The van der Waals surface area contributed by atoms with E-state index in [1.165, 1.54) is 13.0 Å². The Morgan fingerprint density at radius 2 is 1.89 bits per heavy atom. The van der Waals surface area contributed by atoms with E-state index in [0.717, 1.165) is 45.9 Å². The predicted molar refractivity (Wildman–Crippen MR) is 78.2 cm³/mol. The summed E-state index contributed by atoms with van der Waals surface area (Å²) in [5.74, 6) is 0. The number of likely N-dealkylation sites (N-methyl/N-ethyl adjacent to an activating group) is 1. The normalized spacial score (nSPS) is 18.2. The fraction of sp³-hybridized carbons (Fsp3) is 1.00. The van der Waals surface area contributed by atoms with Crippen LogP contribution in [0.3, 0.4) is 0 Å². The van der Waals surface area contributed by atoms with Gasteiger partial charge in [-0.25, -0.2) is 0 Å². The largest absolute Gasteiger partial charge is 0.379 e. The van der Waals surface area contributed by atoms with Gasteiger partial charge < -0.3 is 10.1 Å². The number of hydrogen-bond acceptors (Lipinski definition) is 5. The van der Waals surface area contributed by atoms with Crippen LogP contribution in [0.2, 0.25) is 0 Å². The molecular weight excluding hydrogens is 242 g/mol. The molecule has 19 heavy (non-hydrogen) atoms. The van der Waals surface area contributed by atoms with Gasteiger partial charge in [0.05, 0.1) is 18.8 Å². The quantitative estimate of drug-likeness (QED) is 0.527. The highest BCUT2D eigenvalue weighted by atomic mass is 16.7. The smallest absolute Gasteiger partial charge is 0.0815 e. The first-order valence-electron chi connectivity index (χ1n) is 7.38. The molecule has 1 heterocycles. The van der Waals surface area contributed by atoms with Gasteiger partial charge in [-0.15, -0.1) is 0 Å². The lowest BCUT2D eigenvalue weighted by atomic mass is 10.2. The lowest BCUT2D eigenvalue weighted by Crippen LogP contribution is -2.38. The number of nitrogens with one attached hydrogen (secondary N) is 1. The summed E-state index contributed by atoms with van der Waals surface area (Å²) in [4.78, 5) is 8.18. The Bertz CT molecular complexity index is 225. The summed E-state index contributed by atoms with van der Waals surface area (Å²) in [6.45, 7) is 14.3. The summed E-state index contributed by atoms with van der Waals surface area (Å²) < 4.78 is 5.33. The molecule has 5 heteroatoms. The number of hydroxylamine groups is 2. The first-order valence-corrected chi connectivity index (χ1v) is 7.38. The van der Waals surface area contributed by atoms with Crippen LogP contribution < -0.4 is 5.32 Å². The Morgan fingerprint density at radius 3 is 2.53 bits per heavy atom. The van der Waals surface area contributed by atoms with Crippen molar-refractivity contribution in [2.75, 3.05) is 59.5 Å². The van der Waals surface area contributed by atoms with Crippen LogP contribution in [-0.2, 0) is 9.57 Å². The molecule has 0 unspecified atom stereocenters. The molecule has 1 saturated heterocycles. The molecule has 0 radical (unpaired) electrons. The third-order valence-electron chi connectivity index (χ3n) is 2.96. The van der Waals surface area contributed by atoms with Crippen molar-refractivity contribution in [3.63, 3.8) is 0 Å². The van der Waals surface area contributed by atoms with Crippen molar-refractivity contribution in [3.8, 4) is 0 Å². The van der Waals surface area contributed by atoms with Crippen molar-refractivity contribution in [2.45, 2.75) is 32.8 Å². The average molecular weight is 273 g/mol. The third-order valence-corrected chi connectivity index (χ3v) is 2.96. The van der Waals surface area contributed by atoms with Crippen LogP contribution in [0.4, 0.5) is 0 Å². The molecule has 0 aromatic carbocycles. The first kappa shape index (κ1) is 16.9. The molecule has 0 saturated carbocycles. The molecular formula is C14H31N3O2. The van der Waals surface area contributed by atoms with E-state index in [1.807, 2.05) is 12.1 Å². The van der Waals surface area contributed by atoms with Crippen LogP contribution in [0.15, 0.2) is 0 Å².